The lowest BCUT2D eigenvalue weighted by atomic mass is 9.97. The number of amides is 2. The van der Waals surface area contributed by atoms with E-state index in [0.717, 1.165) is 33.6 Å². The molecule has 1 aliphatic rings. The van der Waals surface area contributed by atoms with Gasteiger partial charge >= 0.3 is 0 Å². The summed E-state index contributed by atoms with van der Waals surface area (Å²) >= 11 is 0. The van der Waals surface area contributed by atoms with Gasteiger partial charge in [-0.1, -0.05) is 42.0 Å². The molecule has 0 radical (unpaired) electrons. The Morgan fingerprint density at radius 1 is 0.839 bits per heavy atom. The standard InChI is InChI=1S/C26H26N2O3/c1-17-6-11-21(12-7-17)27-16-24(29)28(23-15-18(2)5-8-19(23)3)25(26(27)30)20-9-13-22(31-4)14-10-20/h5-15,25H,16H2,1-4H3/t25-/m0/s1. The number of methoxy groups -OCH3 is 1. The second-order valence-corrected chi connectivity index (χ2v) is 7.99. The van der Waals surface area contributed by atoms with Crippen molar-refractivity contribution in [3.05, 3.63) is 89.0 Å². The lowest BCUT2D eigenvalue weighted by Crippen LogP contribution is -2.56. The zero-order valence-electron chi connectivity index (χ0n) is 18.3. The van der Waals surface area contributed by atoms with Crippen LogP contribution in [0.15, 0.2) is 66.7 Å². The van der Waals surface area contributed by atoms with Crippen molar-refractivity contribution >= 4 is 23.2 Å². The van der Waals surface area contributed by atoms with Crippen LogP contribution in [0, 0.1) is 20.8 Å². The largest absolute Gasteiger partial charge is 0.497 e. The van der Waals surface area contributed by atoms with Gasteiger partial charge in [0.2, 0.25) is 5.91 Å². The molecular formula is C26H26N2O3. The number of piperazine rings is 1. The number of benzene rings is 3. The first-order chi connectivity index (χ1) is 14.9. The fourth-order valence-corrected chi connectivity index (χ4v) is 3.96. The van der Waals surface area contributed by atoms with Crippen LogP contribution in [-0.2, 0) is 9.59 Å². The number of aryl methyl sites for hydroxylation is 3. The monoisotopic (exact) mass is 414 g/mol. The Morgan fingerprint density at radius 2 is 1.48 bits per heavy atom. The fourth-order valence-electron chi connectivity index (χ4n) is 3.96. The van der Waals surface area contributed by atoms with Gasteiger partial charge in [-0.2, -0.15) is 0 Å². The first kappa shape index (κ1) is 20.7. The minimum Gasteiger partial charge on any atom is -0.497 e. The molecule has 0 N–H and O–H groups in total. The van der Waals surface area contributed by atoms with Gasteiger partial charge in [0.25, 0.3) is 5.91 Å². The predicted molar refractivity (Wildman–Crippen MR) is 123 cm³/mol. The summed E-state index contributed by atoms with van der Waals surface area (Å²) in [7, 11) is 1.60. The van der Waals surface area contributed by atoms with E-state index in [4.69, 9.17) is 4.74 Å². The molecule has 0 bridgehead atoms. The number of hydrogen-bond donors (Lipinski definition) is 0. The third kappa shape index (κ3) is 3.91. The first-order valence-electron chi connectivity index (χ1n) is 10.3. The molecule has 158 valence electrons. The van der Waals surface area contributed by atoms with Crippen molar-refractivity contribution in [2.24, 2.45) is 0 Å². The maximum atomic E-state index is 13.8. The van der Waals surface area contributed by atoms with Crippen LogP contribution in [0.2, 0.25) is 0 Å². The van der Waals surface area contributed by atoms with Gasteiger partial charge in [0, 0.05) is 11.4 Å². The van der Waals surface area contributed by atoms with Gasteiger partial charge in [0.15, 0.2) is 0 Å². The SMILES string of the molecule is COc1ccc([C@H]2C(=O)N(c3ccc(C)cc3)CC(=O)N2c2cc(C)ccc2C)cc1. The lowest BCUT2D eigenvalue weighted by Gasteiger charge is -2.41. The Balaban J connectivity index is 1.84. The maximum Gasteiger partial charge on any atom is 0.255 e. The molecular weight excluding hydrogens is 388 g/mol. The van der Waals surface area contributed by atoms with Crippen LogP contribution in [0.3, 0.4) is 0 Å². The van der Waals surface area contributed by atoms with E-state index in [1.807, 2.05) is 87.5 Å². The molecule has 1 fully saturated rings. The molecule has 2 amide bonds. The second-order valence-electron chi connectivity index (χ2n) is 7.99. The summed E-state index contributed by atoms with van der Waals surface area (Å²) in [6.45, 7) is 5.95. The summed E-state index contributed by atoms with van der Waals surface area (Å²) < 4.78 is 5.28. The predicted octanol–water partition coefficient (Wildman–Crippen LogP) is 4.74. The minimum atomic E-state index is -0.756. The Bertz CT molecular complexity index is 1120. The van der Waals surface area contributed by atoms with Gasteiger partial charge in [0.05, 0.1) is 7.11 Å². The van der Waals surface area contributed by atoms with Crippen molar-refractivity contribution in [3.63, 3.8) is 0 Å². The Kier molecular flexibility index (Phi) is 5.51. The molecule has 31 heavy (non-hydrogen) atoms. The van der Waals surface area contributed by atoms with E-state index in [1.165, 1.54) is 0 Å². The molecule has 3 aromatic carbocycles. The van der Waals surface area contributed by atoms with Crippen LogP contribution < -0.4 is 14.5 Å². The third-order valence-electron chi connectivity index (χ3n) is 5.72. The quantitative estimate of drug-likeness (QED) is 0.620. The molecule has 1 saturated heterocycles. The van der Waals surface area contributed by atoms with Crippen molar-refractivity contribution in [2.75, 3.05) is 23.5 Å². The molecule has 4 rings (SSSR count). The van der Waals surface area contributed by atoms with E-state index in [-0.39, 0.29) is 18.4 Å². The zero-order chi connectivity index (χ0) is 22.1. The average molecular weight is 415 g/mol. The minimum absolute atomic E-state index is 0.00192. The normalized spacial score (nSPS) is 16.6. The molecule has 0 spiro atoms. The Morgan fingerprint density at radius 3 is 2.13 bits per heavy atom. The lowest BCUT2D eigenvalue weighted by molar-refractivity contribution is -0.128. The summed E-state index contributed by atoms with van der Waals surface area (Å²) in [4.78, 5) is 30.5. The number of nitrogens with zero attached hydrogens (tertiary/aromatic N) is 2. The number of ether oxygens (including phenoxy) is 1. The number of hydrogen-bond acceptors (Lipinski definition) is 3. The number of carbonyl (C=O) groups excluding carboxylic acids is 2. The van der Waals surface area contributed by atoms with Crippen molar-refractivity contribution in [1.82, 2.24) is 0 Å². The summed E-state index contributed by atoms with van der Waals surface area (Å²) in [6.07, 6.45) is 0. The number of carbonyl (C=O) groups is 2. The van der Waals surface area contributed by atoms with Gasteiger partial charge in [-0.3, -0.25) is 14.5 Å². The molecule has 0 aliphatic carbocycles. The van der Waals surface area contributed by atoms with Gasteiger partial charge in [0.1, 0.15) is 18.3 Å². The van der Waals surface area contributed by atoms with E-state index in [2.05, 4.69) is 0 Å². The van der Waals surface area contributed by atoms with Crippen molar-refractivity contribution < 1.29 is 14.3 Å². The molecule has 0 unspecified atom stereocenters. The van der Waals surface area contributed by atoms with Crippen molar-refractivity contribution in [1.29, 1.82) is 0 Å². The molecule has 1 aliphatic heterocycles. The smallest absolute Gasteiger partial charge is 0.255 e. The number of anilines is 2. The van der Waals surface area contributed by atoms with Crippen molar-refractivity contribution in [3.8, 4) is 5.75 Å². The van der Waals surface area contributed by atoms with Gasteiger partial charge in [-0.25, -0.2) is 0 Å². The first-order valence-corrected chi connectivity index (χ1v) is 10.3. The molecule has 3 aromatic rings. The zero-order valence-corrected chi connectivity index (χ0v) is 18.3. The van der Waals surface area contributed by atoms with Gasteiger partial charge in [-0.15, -0.1) is 0 Å². The van der Waals surface area contributed by atoms with Crippen LogP contribution in [0.4, 0.5) is 11.4 Å². The third-order valence-corrected chi connectivity index (χ3v) is 5.72. The topological polar surface area (TPSA) is 49.9 Å². The molecule has 0 saturated carbocycles. The van der Waals surface area contributed by atoms with Crippen LogP contribution in [0.1, 0.15) is 28.3 Å². The highest BCUT2D eigenvalue weighted by Gasteiger charge is 2.42. The Labute approximate surface area is 182 Å². The summed E-state index contributed by atoms with van der Waals surface area (Å²) in [5.41, 5.74) is 5.33. The van der Waals surface area contributed by atoms with E-state index in [9.17, 15) is 9.59 Å². The van der Waals surface area contributed by atoms with Crippen LogP contribution in [0.5, 0.6) is 5.75 Å². The summed E-state index contributed by atoms with van der Waals surface area (Å²) in [5.74, 6) is 0.455. The second kappa shape index (κ2) is 8.26. The van der Waals surface area contributed by atoms with Crippen LogP contribution in [-0.4, -0.2) is 25.5 Å². The van der Waals surface area contributed by atoms with Crippen LogP contribution >= 0.6 is 0 Å². The highest BCUT2D eigenvalue weighted by Crippen LogP contribution is 2.37. The highest BCUT2D eigenvalue weighted by molar-refractivity contribution is 6.14. The number of rotatable bonds is 4. The maximum absolute atomic E-state index is 13.8. The van der Waals surface area contributed by atoms with E-state index in [1.54, 1.807) is 16.9 Å². The molecule has 5 nitrogen and oxygen atoms in total. The molecule has 5 heteroatoms. The Hall–Kier alpha value is -3.60. The van der Waals surface area contributed by atoms with Gasteiger partial charge < -0.3 is 9.64 Å². The molecule has 1 heterocycles. The molecule has 0 aromatic heterocycles. The van der Waals surface area contributed by atoms with E-state index < -0.39 is 6.04 Å². The average Bonchev–Trinajstić information content (AvgIpc) is 2.77. The van der Waals surface area contributed by atoms with Gasteiger partial charge in [-0.05, 0) is 67.8 Å². The highest BCUT2D eigenvalue weighted by atomic mass is 16.5. The van der Waals surface area contributed by atoms with Crippen molar-refractivity contribution in [2.45, 2.75) is 26.8 Å². The fraction of sp³-hybridized carbons (Fsp3) is 0.231. The summed E-state index contributed by atoms with van der Waals surface area (Å²) in [6, 6.07) is 20.2. The van der Waals surface area contributed by atoms with Crippen LogP contribution in [0.25, 0.3) is 0 Å². The molecule has 1 atom stereocenters. The summed E-state index contributed by atoms with van der Waals surface area (Å²) in [5, 5.41) is 0. The van der Waals surface area contributed by atoms with E-state index in [0.29, 0.717) is 5.75 Å². The van der Waals surface area contributed by atoms with E-state index >= 15 is 0 Å².